The number of carbonyl (C=O) groups is 1. The third-order valence-corrected chi connectivity index (χ3v) is 3.16. The summed E-state index contributed by atoms with van der Waals surface area (Å²) in [7, 11) is 1.77. The summed E-state index contributed by atoms with van der Waals surface area (Å²) in [5, 5.41) is 3.75. The van der Waals surface area contributed by atoms with Crippen LogP contribution in [0.4, 0.5) is 10.5 Å². The number of hydrogen-bond acceptors (Lipinski definition) is 1. The van der Waals surface area contributed by atoms with Crippen molar-refractivity contribution in [3.63, 3.8) is 0 Å². The Morgan fingerprint density at radius 1 is 1.33 bits per heavy atom. The van der Waals surface area contributed by atoms with Gasteiger partial charge in [0.05, 0.1) is 10.7 Å². The Morgan fingerprint density at radius 2 is 2.06 bits per heavy atom. The van der Waals surface area contributed by atoms with Crippen LogP contribution in [0.2, 0.25) is 10.0 Å². The van der Waals surface area contributed by atoms with Gasteiger partial charge in [-0.15, -0.1) is 0 Å². The first-order chi connectivity index (χ1) is 8.54. The van der Waals surface area contributed by atoms with Crippen molar-refractivity contribution in [2.75, 3.05) is 18.9 Å². The molecule has 0 aromatic heterocycles. The van der Waals surface area contributed by atoms with Gasteiger partial charge in [-0.2, -0.15) is 0 Å². The van der Waals surface area contributed by atoms with Crippen molar-refractivity contribution < 1.29 is 4.79 Å². The summed E-state index contributed by atoms with van der Waals surface area (Å²) in [5.74, 6) is 0. The number of halogens is 2. The molecule has 18 heavy (non-hydrogen) atoms. The molecule has 5 heteroatoms. The van der Waals surface area contributed by atoms with Crippen molar-refractivity contribution in [2.45, 2.75) is 26.2 Å². The van der Waals surface area contributed by atoms with Crippen LogP contribution < -0.4 is 5.32 Å². The molecule has 1 aromatic rings. The lowest BCUT2D eigenvalue weighted by molar-refractivity contribution is 0.221. The van der Waals surface area contributed by atoms with E-state index in [9.17, 15) is 4.79 Å². The Balaban J connectivity index is 2.53. The second-order valence-corrected chi connectivity index (χ2v) is 5.03. The predicted octanol–water partition coefficient (Wildman–Crippen LogP) is 4.65. The molecule has 0 radical (unpaired) electrons. The Morgan fingerprint density at radius 3 is 2.67 bits per heavy atom. The molecule has 0 saturated carbocycles. The smallest absolute Gasteiger partial charge is 0.321 e. The number of nitrogens with zero attached hydrogens (tertiary/aromatic N) is 1. The van der Waals surface area contributed by atoms with E-state index >= 15 is 0 Å². The van der Waals surface area contributed by atoms with Gasteiger partial charge in [0.1, 0.15) is 0 Å². The van der Waals surface area contributed by atoms with Crippen LogP contribution in [0, 0.1) is 0 Å². The molecule has 0 aliphatic heterocycles. The summed E-state index contributed by atoms with van der Waals surface area (Å²) >= 11 is 11.8. The van der Waals surface area contributed by atoms with Gasteiger partial charge >= 0.3 is 6.03 Å². The number of amides is 2. The highest BCUT2D eigenvalue weighted by Gasteiger charge is 2.10. The monoisotopic (exact) mass is 288 g/mol. The van der Waals surface area contributed by atoms with Gasteiger partial charge in [-0.3, -0.25) is 0 Å². The van der Waals surface area contributed by atoms with Gasteiger partial charge in [0, 0.05) is 18.6 Å². The topological polar surface area (TPSA) is 32.3 Å². The fourth-order valence-electron chi connectivity index (χ4n) is 1.50. The van der Waals surface area contributed by atoms with Gasteiger partial charge < -0.3 is 10.2 Å². The highest BCUT2D eigenvalue weighted by molar-refractivity contribution is 6.36. The highest BCUT2D eigenvalue weighted by Crippen LogP contribution is 2.25. The molecule has 1 rings (SSSR count). The number of hydrogen-bond donors (Lipinski definition) is 1. The molecule has 100 valence electrons. The van der Waals surface area contributed by atoms with Crippen LogP contribution in [0.25, 0.3) is 0 Å². The molecule has 0 aliphatic rings. The van der Waals surface area contributed by atoms with E-state index in [1.54, 1.807) is 30.1 Å². The number of anilines is 1. The van der Waals surface area contributed by atoms with Crippen molar-refractivity contribution in [1.82, 2.24) is 4.90 Å². The first kappa shape index (κ1) is 15.1. The molecule has 0 unspecified atom stereocenters. The van der Waals surface area contributed by atoms with E-state index in [-0.39, 0.29) is 6.03 Å². The van der Waals surface area contributed by atoms with E-state index in [0.29, 0.717) is 15.7 Å². The van der Waals surface area contributed by atoms with Crippen LogP contribution in [0.15, 0.2) is 18.2 Å². The maximum atomic E-state index is 11.9. The molecule has 0 bridgehead atoms. The average Bonchev–Trinajstić information content (AvgIpc) is 2.32. The van der Waals surface area contributed by atoms with Gasteiger partial charge in [0.15, 0.2) is 0 Å². The van der Waals surface area contributed by atoms with Crippen LogP contribution in [-0.2, 0) is 0 Å². The molecule has 0 fully saturated rings. The first-order valence-corrected chi connectivity index (χ1v) is 6.77. The molecule has 3 nitrogen and oxygen atoms in total. The highest BCUT2D eigenvalue weighted by atomic mass is 35.5. The third-order valence-electron chi connectivity index (χ3n) is 2.62. The van der Waals surface area contributed by atoms with Gasteiger partial charge in [-0.1, -0.05) is 43.0 Å². The zero-order chi connectivity index (χ0) is 13.5. The summed E-state index contributed by atoms with van der Waals surface area (Å²) in [5.41, 5.74) is 0.577. The van der Waals surface area contributed by atoms with E-state index in [0.717, 1.165) is 25.8 Å². The third kappa shape index (κ3) is 4.75. The van der Waals surface area contributed by atoms with E-state index in [1.165, 1.54) is 0 Å². The fourth-order valence-corrected chi connectivity index (χ4v) is 1.96. The molecular formula is C13H18Cl2N2O. The number of urea groups is 1. The second-order valence-electron chi connectivity index (χ2n) is 4.18. The molecule has 1 N–H and O–H groups in total. The molecule has 0 heterocycles. The van der Waals surface area contributed by atoms with Gasteiger partial charge in [0.25, 0.3) is 0 Å². The Bertz CT molecular complexity index is 410. The number of rotatable bonds is 5. The number of carbonyl (C=O) groups excluding carboxylic acids is 1. The van der Waals surface area contributed by atoms with E-state index in [1.807, 2.05) is 0 Å². The van der Waals surface area contributed by atoms with Gasteiger partial charge in [0.2, 0.25) is 0 Å². The molecule has 2 amide bonds. The van der Waals surface area contributed by atoms with Gasteiger partial charge in [-0.05, 0) is 24.6 Å². The minimum absolute atomic E-state index is 0.157. The number of nitrogens with one attached hydrogen (secondary N) is 1. The first-order valence-electron chi connectivity index (χ1n) is 6.01. The Kier molecular flexibility index (Phi) is 6.30. The standard InChI is InChI=1S/C13H18Cl2N2O/c1-3-4-5-8-17(2)13(18)16-12-7-6-10(14)9-11(12)15/h6-7,9H,3-5,8H2,1-2H3,(H,16,18). The van der Waals surface area contributed by atoms with E-state index < -0.39 is 0 Å². The Hall–Kier alpha value is -0.930. The minimum Gasteiger partial charge on any atom is -0.328 e. The summed E-state index contributed by atoms with van der Waals surface area (Å²) in [6.45, 7) is 2.87. The summed E-state index contributed by atoms with van der Waals surface area (Å²) in [4.78, 5) is 13.5. The van der Waals surface area contributed by atoms with E-state index in [2.05, 4.69) is 12.2 Å². The summed E-state index contributed by atoms with van der Waals surface area (Å²) < 4.78 is 0. The minimum atomic E-state index is -0.157. The quantitative estimate of drug-likeness (QED) is 0.786. The zero-order valence-corrected chi connectivity index (χ0v) is 12.2. The maximum Gasteiger partial charge on any atom is 0.321 e. The normalized spacial score (nSPS) is 10.2. The van der Waals surface area contributed by atoms with Gasteiger partial charge in [-0.25, -0.2) is 4.79 Å². The fraction of sp³-hybridized carbons (Fsp3) is 0.462. The van der Waals surface area contributed by atoms with Crippen molar-refractivity contribution in [2.24, 2.45) is 0 Å². The van der Waals surface area contributed by atoms with Crippen LogP contribution in [0.1, 0.15) is 26.2 Å². The van der Waals surface area contributed by atoms with Crippen molar-refractivity contribution in [1.29, 1.82) is 0 Å². The lowest BCUT2D eigenvalue weighted by Gasteiger charge is -2.18. The largest absolute Gasteiger partial charge is 0.328 e. The molecular weight excluding hydrogens is 271 g/mol. The molecule has 0 aliphatic carbocycles. The van der Waals surface area contributed by atoms with Crippen molar-refractivity contribution >= 4 is 34.9 Å². The van der Waals surface area contributed by atoms with E-state index in [4.69, 9.17) is 23.2 Å². The summed E-state index contributed by atoms with van der Waals surface area (Å²) in [6.07, 6.45) is 3.27. The van der Waals surface area contributed by atoms with Crippen LogP contribution in [-0.4, -0.2) is 24.5 Å². The average molecular weight is 289 g/mol. The number of unbranched alkanes of at least 4 members (excludes halogenated alkanes) is 2. The molecule has 0 spiro atoms. The predicted molar refractivity (Wildman–Crippen MR) is 77.6 cm³/mol. The lowest BCUT2D eigenvalue weighted by atomic mass is 10.2. The SMILES string of the molecule is CCCCCN(C)C(=O)Nc1ccc(Cl)cc1Cl. The molecule has 1 aromatic carbocycles. The van der Waals surface area contributed by atoms with Crippen LogP contribution in [0.3, 0.4) is 0 Å². The second kappa shape index (κ2) is 7.49. The molecule has 0 atom stereocenters. The van der Waals surface area contributed by atoms with Crippen molar-refractivity contribution in [3.8, 4) is 0 Å². The number of benzene rings is 1. The zero-order valence-electron chi connectivity index (χ0n) is 10.7. The van der Waals surface area contributed by atoms with Crippen LogP contribution in [0.5, 0.6) is 0 Å². The lowest BCUT2D eigenvalue weighted by Crippen LogP contribution is -2.32. The summed E-state index contributed by atoms with van der Waals surface area (Å²) in [6, 6.07) is 4.84. The van der Waals surface area contributed by atoms with Crippen LogP contribution >= 0.6 is 23.2 Å². The van der Waals surface area contributed by atoms with Crippen molar-refractivity contribution in [3.05, 3.63) is 28.2 Å². The maximum absolute atomic E-state index is 11.9. The Labute approximate surface area is 118 Å². The molecule has 0 saturated heterocycles.